The fraction of sp³-hybridized carbons (Fsp3) is 0. The number of non-ortho nitro benzene ring substituents is 1. The van der Waals surface area contributed by atoms with Gasteiger partial charge in [0.05, 0.1) is 15.9 Å². The molecule has 0 N–H and O–H groups in total. The van der Waals surface area contributed by atoms with Crippen molar-refractivity contribution in [3.8, 4) is 17.1 Å². The molecule has 3 rings (SSSR count). The molecule has 1 heterocycles. The summed E-state index contributed by atoms with van der Waals surface area (Å²) in [7, 11) is 0. The van der Waals surface area contributed by atoms with Crippen LogP contribution in [0.4, 0.5) is 11.4 Å². The zero-order chi connectivity index (χ0) is 17.3. The van der Waals surface area contributed by atoms with Crippen molar-refractivity contribution in [1.82, 2.24) is 20.2 Å². The first-order chi connectivity index (χ1) is 11.5. The van der Waals surface area contributed by atoms with Gasteiger partial charge in [0.2, 0.25) is 5.82 Å². The second-order valence-corrected chi connectivity index (χ2v) is 5.04. The van der Waals surface area contributed by atoms with Crippen molar-refractivity contribution in [3.63, 3.8) is 0 Å². The predicted molar refractivity (Wildman–Crippen MR) is 82.9 cm³/mol. The molecule has 0 fully saturated rings. The highest BCUT2D eigenvalue weighted by atomic mass is 35.5. The Hall–Kier alpha value is -3.40. The summed E-state index contributed by atoms with van der Waals surface area (Å²) >= 11 is 5.90. The first-order valence-corrected chi connectivity index (χ1v) is 6.82. The van der Waals surface area contributed by atoms with Crippen LogP contribution < -0.4 is 0 Å². The summed E-state index contributed by atoms with van der Waals surface area (Å²) in [5.41, 5.74) is -0.357. The molecule has 2 aromatic carbocycles. The Morgan fingerprint density at radius 2 is 1.83 bits per heavy atom. The molecule has 11 heteroatoms. The zero-order valence-corrected chi connectivity index (χ0v) is 12.5. The third kappa shape index (κ3) is 2.90. The first kappa shape index (κ1) is 15.5. The van der Waals surface area contributed by atoms with Gasteiger partial charge >= 0.3 is 5.69 Å². The molecule has 0 saturated heterocycles. The SMILES string of the molecule is O=[N+]([O-])c1ccc(-n2nnc(-c3cccc(Cl)c3)n2)c([N+](=O)[O-])c1. The third-order valence-corrected chi connectivity index (χ3v) is 3.31. The largest absolute Gasteiger partial charge is 0.303 e. The van der Waals surface area contributed by atoms with E-state index in [9.17, 15) is 20.2 Å². The molecule has 0 aliphatic heterocycles. The van der Waals surface area contributed by atoms with E-state index in [1.54, 1.807) is 24.3 Å². The van der Waals surface area contributed by atoms with Crippen LogP contribution in [0, 0.1) is 20.2 Å². The van der Waals surface area contributed by atoms with Gasteiger partial charge < -0.3 is 0 Å². The molecular formula is C13H7ClN6O4. The van der Waals surface area contributed by atoms with E-state index >= 15 is 0 Å². The highest BCUT2D eigenvalue weighted by molar-refractivity contribution is 6.30. The smallest absolute Gasteiger partial charge is 0.258 e. The predicted octanol–water partition coefficient (Wildman–Crippen LogP) is 2.80. The van der Waals surface area contributed by atoms with Crippen molar-refractivity contribution >= 4 is 23.0 Å². The summed E-state index contributed by atoms with van der Waals surface area (Å²) in [5, 5.41) is 34.1. The number of hydrogen-bond donors (Lipinski definition) is 0. The van der Waals surface area contributed by atoms with Crippen LogP contribution in [0.3, 0.4) is 0 Å². The number of nitrogens with zero attached hydrogens (tertiary/aromatic N) is 6. The van der Waals surface area contributed by atoms with Crippen molar-refractivity contribution < 1.29 is 9.85 Å². The van der Waals surface area contributed by atoms with Crippen LogP contribution in [0.1, 0.15) is 0 Å². The zero-order valence-electron chi connectivity index (χ0n) is 11.7. The van der Waals surface area contributed by atoms with Crippen LogP contribution >= 0.6 is 11.6 Å². The number of halogens is 1. The lowest BCUT2D eigenvalue weighted by Crippen LogP contribution is -2.04. The van der Waals surface area contributed by atoms with Crippen LogP contribution in [0.2, 0.25) is 5.02 Å². The molecular weight excluding hydrogens is 340 g/mol. The van der Waals surface area contributed by atoms with E-state index in [4.69, 9.17) is 11.6 Å². The van der Waals surface area contributed by atoms with Gasteiger partial charge in [-0.25, -0.2) is 0 Å². The van der Waals surface area contributed by atoms with Gasteiger partial charge in [0.25, 0.3) is 5.69 Å². The Labute approximate surface area is 138 Å². The standard InChI is InChI=1S/C13H7ClN6O4/c14-9-3-1-2-8(6-9)13-15-17-18(16-13)11-5-4-10(19(21)22)7-12(11)20(23)24/h1-7H. The molecule has 0 aliphatic rings. The van der Waals surface area contributed by atoms with Crippen molar-refractivity contribution in [3.05, 3.63) is 67.7 Å². The molecule has 0 saturated carbocycles. The molecule has 0 radical (unpaired) electrons. The van der Waals surface area contributed by atoms with E-state index < -0.39 is 21.2 Å². The van der Waals surface area contributed by atoms with Crippen molar-refractivity contribution in [2.24, 2.45) is 0 Å². The average Bonchev–Trinajstić information content (AvgIpc) is 3.04. The topological polar surface area (TPSA) is 130 Å². The molecule has 10 nitrogen and oxygen atoms in total. The summed E-state index contributed by atoms with van der Waals surface area (Å²) in [6, 6.07) is 9.87. The normalized spacial score (nSPS) is 10.5. The highest BCUT2D eigenvalue weighted by Gasteiger charge is 2.22. The van der Waals surface area contributed by atoms with Crippen LogP contribution in [-0.2, 0) is 0 Å². The van der Waals surface area contributed by atoms with Crippen LogP contribution in [-0.4, -0.2) is 30.1 Å². The van der Waals surface area contributed by atoms with Crippen LogP contribution in [0.5, 0.6) is 0 Å². The minimum atomic E-state index is -0.745. The Morgan fingerprint density at radius 3 is 2.50 bits per heavy atom. The van der Waals surface area contributed by atoms with Gasteiger partial charge in [0.15, 0.2) is 5.69 Å². The lowest BCUT2D eigenvalue weighted by Gasteiger charge is -2.00. The van der Waals surface area contributed by atoms with Gasteiger partial charge in [0.1, 0.15) is 0 Å². The summed E-state index contributed by atoms with van der Waals surface area (Å²) in [6.07, 6.45) is 0. The lowest BCUT2D eigenvalue weighted by molar-refractivity contribution is -0.394. The van der Waals surface area contributed by atoms with Gasteiger partial charge in [-0.1, -0.05) is 23.7 Å². The summed E-state index contributed by atoms with van der Waals surface area (Å²) in [6.45, 7) is 0. The number of tetrazole rings is 1. The van der Waals surface area contributed by atoms with Crippen LogP contribution in [0.25, 0.3) is 17.1 Å². The number of nitro groups is 2. The van der Waals surface area contributed by atoms with Gasteiger partial charge in [0, 0.05) is 16.7 Å². The minimum Gasteiger partial charge on any atom is -0.258 e. The maximum Gasteiger partial charge on any atom is 0.303 e. The Morgan fingerprint density at radius 1 is 1.04 bits per heavy atom. The minimum absolute atomic E-state index is 0.0358. The van der Waals surface area contributed by atoms with Crippen molar-refractivity contribution in [1.29, 1.82) is 0 Å². The van der Waals surface area contributed by atoms with Crippen LogP contribution in [0.15, 0.2) is 42.5 Å². The average molecular weight is 347 g/mol. The number of hydrogen-bond acceptors (Lipinski definition) is 7. The monoisotopic (exact) mass is 346 g/mol. The summed E-state index contributed by atoms with van der Waals surface area (Å²) in [5.74, 6) is 0.213. The molecule has 120 valence electrons. The van der Waals surface area contributed by atoms with E-state index in [0.717, 1.165) is 16.9 Å². The molecule has 0 aliphatic carbocycles. The number of rotatable bonds is 4. The van der Waals surface area contributed by atoms with Gasteiger partial charge in [-0.3, -0.25) is 20.2 Å². The van der Waals surface area contributed by atoms with Crippen molar-refractivity contribution in [2.75, 3.05) is 0 Å². The van der Waals surface area contributed by atoms with Gasteiger partial charge in [-0.05, 0) is 23.4 Å². The summed E-state index contributed by atoms with van der Waals surface area (Å²) in [4.78, 5) is 21.4. The fourth-order valence-electron chi connectivity index (χ4n) is 2.00. The Kier molecular flexibility index (Phi) is 3.88. The second kappa shape index (κ2) is 6.01. The fourth-order valence-corrected chi connectivity index (χ4v) is 2.19. The molecule has 24 heavy (non-hydrogen) atoms. The van der Waals surface area contributed by atoms with E-state index in [-0.39, 0.29) is 11.5 Å². The Bertz CT molecular complexity index is 957. The first-order valence-electron chi connectivity index (χ1n) is 6.45. The van der Waals surface area contributed by atoms with E-state index in [1.807, 2.05) is 0 Å². The van der Waals surface area contributed by atoms with E-state index in [1.165, 1.54) is 6.07 Å². The second-order valence-electron chi connectivity index (χ2n) is 4.60. The van der Waals surface area contributed by atoms with E-state index in [0.29, 0.717) is 10.6 Å². The molecule has 0 atom stereocenters. The highest BCUT2D eigenvalue weighted by Crippen LogP contribution is 2.27. The van der Waals surface area contributed by atoms with Crippen molar-refractivity contribution in [2.45, 2.75) is 0 Å². The maximum absolute atomic E-state index is 11.2. The molecule has 0 amide bonds. The quantitative estimate of drug-likeness (QED) is 0.524. The Balaban J connectivity index is 2.07. The van der Waals surface area contributed by atoms with Gasteiger partial charge in [-0.2, -0.15) is 0 Å². The number of aromatic nitrogens is 4. The number of benzene rings is 2. The lowest BCUT2D eigenvalue weighted by atomic mass is 10.2. The molecule has 0 bridgehead atoms. The molecule has 3 aromatic rings. The summed E-state index contributed by atoms with van der Waals surface area (Å²) < 4.78 is 0. The maximum atomic E-state index is 11.2. The molecule has 0 unspecified atom stereocenters. The molecule has 1 aromatic heterocycles. The van der Waals surface area contributed by atoms with E-state index in [2.05, 4.69) is 15.4 Å². The third-order valence-electron chi connectivity index (χ3n) is 3.08. The number of nitro benzene ring substituents is 2. The molecule has 0 spiro atoms. The van der Waals surface area contributed by atoms with Gasteiger partial charge in [-0.15, -0.1) is 15.0 Å².